The van der Waals surface area contributed by atoms with Gasteiger partial charge in [0.05, 0.1) is 23.3 Å². The first kappa shape index (κ1) is 21.0. The maximum absolute atomic E-state index is 12.9. The minimum Gasteiger partial charge on any atom is -0.373 e. The van der Waals surface area contributed by atoms with Crippen molar-refractivity contribution in [3.63, 3.8) is 0 Å². The fourth-order valence-electron chi connectivity index (χ4n) is 5.06. The molecule has 3 aliphatic rings. The molecular weight excluding hydrogens is 382 g/mol. The summed E-state index contributed by atoms with van der Waals surface area (Å²) in [7, 11) is 0. The summed E-state index contributed by atoms with van der Waals surface area (Å²) in [6, 6.07) is 7.14. The third kappa shape index (κ3) is 4.27. The molecule has 3 unspecified atom stereocenters. The minimum atomic E-state index is -0.252. The molecule has 3 aliphatic heterocycles. The molecule has 0 radical (unpaired) electrons. The molecule has 2 saturated heterocycles. The molecule has 4 rings (SSSR count). The Balaban J connectivity index is 1.28. The van der Waals surface area contributed by atoms with Crippen molar-refractivity contribution < 1.29 is 19.1 Å². The number of benzene rings is 1. The van der Waals surface area contributed by atoms with Crippen LogP contribution in [0, 0.1) is 0 Å². The van der Waals surface area contributed by atoms with Gasteiger partial charge in [-0.1, -0.05) is 12.1 Å². The zero-order valence-corrected chi connectivity index (χ0v) is 17.9. The normalized spacial score (nSPS) is 27.1. The molecule has 7 nitrogen and oxygen atoms in total. The number of ether oxygens (including phenoxy) is 1. The number of hydrogen-bond acceptors (Lipinski definition) is 5. The predicted octanol–water partition coefficient (Wildman–Crippen LogP) is 2.16. The Hall–Kier alpha value is -2.25. The van der Waals surface area contributed by atoms with E-state index in [1.54, 1.807) is 24.3 Å². The average molecular weight is 414 g/mol. The summed E-state index contributed by atoms with van der Waals surface area (Å²) in [5, 5.41) is 0. The summed E-state index contributed by atoms with van der Waals surface area (Å²) in [6.07, 6.45) is 3.37. The molecule has 3 heterocycles. The molecule has 0 aromatic heterocycles. The highest BCUT2D eigenvalue weighted by Crippen LogP contribution is 2.24. The summed E-state index contributed by atoms with van der Waals surface area (Å²) < 4.78 is 5.82. The topological polar surface area (TPSA) is 70.2 Å². The summed E-state index contributed by atoms with van der Waals surface area (Å²) >= 11 is 0. The van der Waals surface area contributed by atoms with Crippen molar-refractivity contribution in [2.24, 2.45) is 0 Å². The Morgan fingerprint density at radius 1 is 1.07 bits per heavy atom. The lowest BCUT2D eigenvalue weighted by Crippen LogP contribution is -2.51. The van der Waals surface area contributed by atoms with E-state index in [2.05, 4.69) is 18.7 Å². The van der Waals surface area contributed by atoms with Crippen LogP contribution in [0.4, 0.5) is 0 Å². The molecule has 1 aromatic carbocycles. The highest BCUT2D eigenvalue weighted by molar-refractivity contribution is 6.21. The van der Waals surface area contributed by atoms with Gasteiger partial charge in [0.2, 0.25) is 5.91 Å². The van der Waals surface area contributed by atoms with Crippen LogP contribution in [0.1, 0.15) is 60.2 Å². The molecule has 0 saturated carbocycles. The fraction of sp³-hybridized carbons (Fsp3) is 0.609. The molecule has 0 aliphatic carbocycles. The van der Waals surface area contributed by atoms with Gasteiger partial charge in [-0.3, -0.25) is 24.2 Å². The summed E-state index contributed by atoms with van der Waals surface area (Å²) in [5.74, 6) is -0.376. The first-order valence-corrected chi connectivity index (χ1v) is 11.1. The lowest BCUT2D eigenvalue weighted by atomic mass is 10.1. The Labute approximate surface area is 177 Å². The van der Waals surface area contributed by atoms with Crippen LogP contribution in [0.5, 0.6) is 0 Å². The van der Waals surface area contributed by atoms with Gasteiger partial charge in [-0.25, -0.2) is 0 Å². The van der Waals surface area contributed by atoms with E-state index in [1.807, 2.05) is 4.90 Å². The lowest BCUT2D eigenvalue weighted by molar-refractivity contribution is -0.133. The van der Waals surface area contributed by atoms with Crippen LogP contribution in [0.25, 0.3) is 0 Å². The molecule has 0 spiro atoms. The van der Waals surface area contributed by atoms with Gasteiger partial charge in [-0.15, -0.1) is 0 Å². The first-order valence-electron chi connectivity index (χ1n) is 11.1. The van der Waals surface area contributed by atoms with Crippen molar-refractivity contribution in [1.82, 2.24) is 14.7 Å². The van der Waals surface area contributed by atoms with Gasteiger partial charge in [-0.05, 0) is 45.2 Å². The predicted molar refractivity (Wildman–Crippen MR) is 112 cm³/mol. The van der Waals surface area contributed by atoms with Crippen molar-refractivity contribution in [3.8, 4) is 0 Å². The van der Waals surface area contributed by atoms with E-state index in [4.69, 9.17) is 4.74 Å². The van der Waals surface area contributed by atoms with Crippen LogP contribution in [-0.2, 0) is 9.53 Å². The van der Waals surface area contributed by atoms with Gasteiger partial charge >= 0.3 is 0 Å². The van der Waals surface area contributed by atoms with Crippen LogP contribution in [0.15, 0.2) is 24.3 Å². The number of amides is 3. The fourth-order valence-corrected chi connectivity index (χ4v) is 5.06. The molecule has 1 aromatic rings. The Bertz CT molecular complexity index is 781. The van der Waals surface area contributed by atoms with Gasteiger partial charge in [0.15, 0.2) is 0 Å². The Kier molecular flexibility index (Phi) is 6.20. The number of fused-ring (bicyclic) bond motifs is 1. The number of carbonyl (C=O) groups is 3. The van der Waals surface area contributed by atoms with Crippen molar-refractivity contribution in [1.29, 1.82) is 0 Å². The second-order valence-corrected chi connectivity index (χ2v) is 8.77. The highest BCUT2D eigenvalue weighted by atomic mass is 16.5. The third-order valence-electron chi connectivity index (χ3n) is 6.31. The average Bonchev–Trinajstić information content (AvgIpc) is 3.26. The molecule has 7 heteroatoms. The van der Waals surface area contributed by atoms with E-state index >= 15 is 0 Å². The second kappa shape index (κ2) is 8.86. The number of imide groups is 1. The number of hydrogen-bond donors (Lipinski definition) is 0. The van der Waals surface area contributed by atoms with Crippen molar-refractivity contribution in [3.05, 3.63) is 35.4 Å². The lowest BCUT2D eigenvalue weighted by Gasteiger charge is -2.38. The Morgan fingerprint density at radius 2 is 1.70 bits per heavy atom. The zero-order chi connectivity index (χ0) is 21.3. The van der Waals surface area contributed by atoms with E-state index in [1.165, 1.54) is 4.90 Å². The number of morpholine rings is 1. The standard InChI is InChI=1S/C23H31N3O4/c1-16-13-24(14-17(2)30-16)15-18-7-5-11-25(18)21(27)10-6-12-26-22(28)19-8-3-4-9-20(19)23(26)29/h3-4,8-9,16-18H,5-7,10-15H2,1-2H3. The molecule has 3 amide bonds. The molecule has 3 atom stereocenters. The smallest absolute Gasteiger partial charge is 0.261 e. The largest absolute Gasteiger partial charge is 0.373 e. The van der Waals surface area contributed by atoms with Crippen molar-refractivity contribution in [2.75, 3.05) is 32.7 Å². The van der Waals surface area contributed by atoms with Crippen molar-refractivity contribution >= 4 is 17.7 Å². The van der Waals surface area contributed by atoms with Crippen LogP contribution >= 0.6 is 0 Å². The zero-order valence-electron chi connectivity index (χ0n) is 17.9. The maximum atomic E-state index is 12.9. The maximum Gasteiger partial charge on any atom is 0.261 e. The SMILES string of the molecule is CC1CN(CC2CCCN2C(=O)CCCN2C(=O)c3ccccc3C2=O)CC(C)O1. The van der Waals surface area contributed by atoms with E-state index in [-0.39, 0.29) is 42.5 Å². The number of carbonyl (C=O) groups excluding carboxylic acids is 3. The number of nitrogens with zero attached hydrogens (tertiary/aromatic N) is 3. The molecule has 0 bridgehead atoms. The highest BCUT2D eigenvalue weighted by Gasteiger charge is 2.35. The summed E-state index contributed by atoms with van der Waals surface area (Å²) in [5.41, 5.74) is 0.921. The van der Waals surface area contributed by atoms with E-state index in [0.717, 1.165) is 39.0 Å². The van der Waals surface area contributed by atoms with Gasteiger partial charge in [0, 0.05) is 45.2 Å². The quantitative estimate of drug-likeness (QED) is 0.669. The molecule has 30 heavy (non-hydrogen) atoms. The van der Waals surface area contributed by atoms with E-state index in [9.17, 15) is 14.4 Å². The van der Waals surface area contributed by atoms with E-state index in [0.29, 0.717) is 24.0 Å². The molecule has 2 fully saturated rings. The minimum absolute atomic E-state index is 0.128. The monoisotopic (exact) mass is 413 g/mol. The first-order chi connectivity index (χ1) is 14.4. The van der Waals surface area contributed by atoms with E-state index < -0.39 is 0 Å². The second-order valence-electron chi connectivity index (χ2n) is 8.77. The van der Waals surface area contributed by atoms with Gasteiger partial charge in [-0.2, -0.15) is 0 Å². The third-order valence-corrected chi connectivity index (χ3v) is 6.31. The van der Waals surface area contributed by atoms with Crippen LogP contribution < -0.4 is 0 Å². The number of likely N-dealkylation sites (tertiary alicyclic amines) is 1. The van der Waals surface area contributed by atoms with Gasteiger partial charge < -0.3 is 9.64 Å². The molecule has 0 N–H and O–H groups in total. The van der Waals surface area contributed by atoms with Crippen LogP contribution in [-0.4, -0.2) is 83.4 Å². The number of rotatable bonds is 6. The van der Waals surface area contributed by atoms with Crippen LogP contribution in [0.2, 0.25) is 0 Å². The summed E-state index contributed by atoms with van der Waals surface area (Å²) in [6.45, 7) is 7.98. The van der Waals surface area contributed by atoms with Crippen LogP contribution in [0.3, 0.4) is 0 Å². The van der Waals surface area contributed by atoms with Crippen molar-refractivity contribution in [2.45, 2.75) is 57.8 Å². The van der Waals surface area contributed by atoms with Gasteiger partial charge in [0.25, 0.3) is 11.8 Å². The summed E-state index contributed by atoms with van der Waals surface area (Å²) in [4.78, 5) is 43.5. The molecule has 162 valence electrons. The Morgan fingerprint density at radius 3 is 2.33 bits per heavy atom. The molecular formula is C23H31N3O4. The van der Waals surface area contributed by atoms with Gasteiger partial charge in [0.1, 0.15) is 0 Å².